The van der Waals surface area contributed by atoms with Gasteiger partial charge in [-0.15, -0.1) is 0 Å². The molecule has 60 valence electrons. The topological polar surface area (TPSA) is 74.0 Å². The highest BCUT2D eigenvalue weighted by molar-refractivity contribution is 5.61. The highest BCUT2D eigenvalue weighted by Crippen LogP contribution is 2.09. The van der Waals surface area contributed by atoms with E-state index in [1.54, 1.807) is 20.0 Å². The lowest BCUT2D eigenvalue weighted by atomic mass is 10.3. The van der Waals surface area contributed by atoms with Gasteiger partial charge in [-0.25, -0.2) is 0 Å². The minimum atomic E-state index is -0.234. The standard InChI is InChI=1S/C7H11N3O/c1-4-3-5(8)6(9)7(11)10(4)2/h3H,8-9H2,1-2H3. The third-order valence-electron chi connectivity index (χ3n) is 1.74. The molecule has 0 aliphatic rings. The number of anilines is 2. The zero-order valence-electron chi connectivity index (χ0n) is 6.59. The number of hydrogen-bond acceptors (Lipinski definition) is 3. The Bertz CT molecular complexity index is 311. The maximum Gasteiger partial charge on any atom is 0.275 e. The Hall–Kier alpha value is -1.45. The van der Waals surface area contributed by atoms with Crippen molar-refractivity contribution in [3.63, 3.8) is 0 Å². The van der Waals surface area contributed by atoms with E-state index in [4.69, 9.17) is 11.5 Å². The Labute approximate surface area is 64.4 Å². The van der Waals surface area contributed by atoms with Crippen molar-refractivity contribution >= 4 is 11.4 Å². The highest BCUT2D eigenvalue weighted by Gasteiger charge is 2.03. The quantitative estimate of drug-likeness (QED) is 0.544. The lowest BCUT2D eigenvalue weighted by Crippen LogP contribution is -2.23. The number of nitrogens with zero attached hydrogens (tertiary/aromatic N) is 1. The highest BCUT2D eigenvalue weighted by atomic mass is 16.1. The largest absolute Gasteiger partial charge is 0.397 e. The summed E-state index contributed by atoms with van der Waals surface area (Å²) in [7, 11) is 1.66. The normalized spacial score (nSPS) is 10.0. The van der Waals surface area contributed by atoms with Gasteiger partial charge in [-0.2, -0.15) is 0 Å². The van der Waals surface area contributed by atoms with Gasteiger partial charge in [0.25, 0.3) is 5.56 Å². The summed E-state index contributed by atoms with van der Waals surface area (Å²) in [5, 5.41) is 0. The van der Waals surface area contributed by atoms with Gasteiger partial charge in [-0.1, -0.05) is 0 Å². The molecule has 0 aliphatic heterocycles. The van der Waals surface area contributed by atoms with Crippen molar-refractivity contribution < 1.29 is 0 Å². The molecule has 0 spiro atoms. The molecular formula is C7H11N3O. The minimum absolute atomic E-state index is 0.123. The molecule has 1 rings (SSSR count). The molecule has 1 aromatic rings. The third-order valence-corrected chi connectivity index (χ3v) is 1.74. The van der Waals surface area contributed by atoms with Crippen molar-refractivity contribution in [1.82, 2.24) is 4.57 Å². The maximum absolute atomic E-state index is 11.2. The Kier molecular flexibility index (Phi) is 1.60. The zero-order chi connectivity index (χ0) is 8.59. The molecule has 0 saturated heterocycles. The molecule has 0 aliphatic carbocycles. The second-order valence-corrected chi connectivity index (χ2v) is 2.52. The van der Waals surface area contributed by atoms with Crippen molar-refractivity contribution in [1.29, 1.82) is 0 Å². The van der Waals surface area contributed by atoms with Gasteiger partial charge in [0, 0.05) is 12.7 Å². The molecular weight excluding hydrogens is 142 g/mol. The first-order chi connectivity index (χ1) is 5.04. The van der Waals surface area contributed by atoms with Crippen molar-refractivity contribution in [3.8, 4) is 0 Å². The number of pyridine rings is 1. The van der Waals surface area contributed by atoms with Gasteiger partial charge in [-0.3, -0.25) is 4.79 Å². The molecule has 4 heteroatoms. The number of rotatable bonds is 0. The van der Waals surface area contributed by atoms with Crippen molar-refractivity contribution in [2.75, 3.05) is 11.5 Å². The number of aryl methyl sites for hydroxylation is 1. The van der Waals surface area contributed by atoms with Crippen LogP contribution >= 0.6 is 0 Å². The lowest BCUT2D eigenvalue weighted by molar-refractivity contribution is 0.823. The first-order valence-electron chi connectivity index (χ1n) is 3.25. The number of nitrogen functional groups attached to an aromatic ring is 2. The first kappa shape index (κ1) is 7.65. The average molecular weight is 153 g/mol. The van der Waals surface area contributed by atoms with E-state index in [1.807, 2.05) is 0 Å². The molecule has 0 bridgehead atoms. The maximum atomic E-state index is 11.2. The van der Waals surface area contributed by atoms with Gasteiger partial charge < -0.3 is 16.0 Å². The van der Waals surface area contributed by atoms with E-state index in [0.717, 1.165) is 5.69 Å². The average Bonchev–Trinajstić information content (AvgIpc) is 1.97. The van der Waals surface area contributed by atoms with Crippen molar-refractivity contribution in [2.24, 2.45) is 7.05 Å². The van der Waals surface area contributed by atoms with Gasteiger partial charge >= 0.3 is 0 Å². The molecule has 1 heterocycles. The summed E-state index contributed by atoms with van der Waals surface area (Å²) in [6.07, 6.45) is 0. The van der Waals surface area contributed by atoms with Gasteiger partial charge in [-0.05, 0) is 13.0 Å². The summed E-state index contributed by atoms with van der Waals surface area (Å²) >= 11 is 0. The van der Waals surface area contributed by atoms with Crippen LogP contribution in [0.5, 0.6) is 0 Å². The fourth-order valence-corrected chi connectivity index (χ4v) is 0.864. The molecule has 4 nitrogen and oxygen atoms in total. The fourth-order valence-electron chi connectivity index (χ4n) is 0.864. The second-order valence-electron chi connectivity index (χ2n) is 2.52. The van der Waals surface area contributed by atoms with E-state index in [-0.39, 0.29) is 11.2 Å². The fraction of sp³-hybridized carbons (Fsp3) is 0.286. The molecule has 11 heavy (non-hydrogen) atoms. The Morgan fingerprint density at radius 3 is 2.55 bits per heavy atom. The van der Waals surface area contributed by atoms with E-state index in [9.17, 15) is 4.79 Å². The lowest BCUT2D eigenvalue weighted by Gasteiger charge is -2.05. The van der Waals surface area contributed by atoms with Gasteiger partial charge in [0.15, 0.2) is 0 Å². The molecule has 0 amide bonds. The molecule has 0 atom stereocenters. The summed E-state index contributed by atoms with van der Waals surface area (Å²) in [5.41, 5.74) is 11.9. The Morgan fingerprint density at radius 2 is 2.00 bits per heavy atom. The van der Waals surface area contributed by atoms with E-state index < -0.39 is 0 Å². The summed E-state index contributed by atoms with van der Waals surface area (Å²) in [6, 6.07) is 1.68. The van der Waals surface area contributed by atoms with Gasteiger partial charge in [0.2, 0.25) is 0 Å². The van der Waals surface area contributed by atoms with Crippen molar-refractivity contribution in [2.45, 2.75) is 6.92 Å². The van der Waals surface area contributed by atoms with Gasteiger partial charge in [0.05, 0.1) is 5.69 Å². The second kappa shape index (κ2) is 2.30. The van der Waals surface area contributed by atoms with E-state index in [2.05, 4.69) is 0 Å². The molecule has 0 saturated carbocycles. The molecule has 0 aromatic carbocycles. The van der Waals surface area contributed by atoms with Gasteiger partial charge in [0.1, 0.15) is 5.69 Å². The summed E-state index contributed by atoms with van der Waals surface area (Å²) in [4.78, 5) is 11.2. The first-order valence-corrected chi connectivity index (χ1v) is 3.25. The summed E-state index contributed by atoms with van der Waals surface area (Å²) in [5.74, 6) is 0. The zero-order valence-corrected chi connectivity index (χ0v) is 6.59. The predicted octanol–water partition coefficient (Wildman–Crippen LogP) is -0.142. The number of nitrogens with two attached hydrogens (primary N) is 2. The van der Waals surface area contributed by atoms with Crippen LogP contribution in [-0.2, 0) is 7.05 Å². The van der Waals surface area contributed by atoms with Crippen LogP contribution in [0.15, 0.2) is 10.9 Å². The number of hydrogen-bond donors (Lipinski definition) is 2. The SMILES string of the molecule is Cc1cc(N)c(N)c(=O)n1C. The van der Waals surface area contributed by atoms with E-state index >= 15 is 0 Å². The summed E-state index contributed by atoms with van der Waals surface area (Å²) in [6.45, 7) is 1.80. The molecule has 1 aromatic heterocycles. The van der Waals surface area contributed by atoms with E-state index in [0.29, 0.717) is 5.69 Å². The monoisotopic (exact) mass is 153 g/mol. The van der Waals surface area contributed by atoms with Crippen LogP contribution in [0.2, 0.25) is 0 Å². The summed E-state index contributed by atoms with van der Waals surface area (Å²) < 4.78 is 1.46. The molecule has 0 radical (unpaired) electrons. The van der Waals surface area contributed by atoms with Crippen LogP contribution in [0.25, 0.3) is 0 Å². The molecule has 4 N–H and O–H groups in total. The smallest absolute Gasteiger partial charge is 0.275 e. The van der Waals surface area contributed by atoms with Crippen LogP contribution in [0, 0.1) is 6.92 Å². The third kappa shape index (κ3) is 1.07. The molecule has 0 unspecified atom stereocenters. The Balaban J connectivity index is 3.59. The molecule has 0 fully saturated rings. The number of aromatic nitrogens is 1. The van der Waals surface area contributed by atoms with Crippen molar-refractivity contribution in [3.05, 3.63) is 22.1 Å². The Morgan fingerprint density at radius 1 is 1.45 bits per heavy atom. The predicted molar refractivity (Wildman–Crippen MR) is 45.2 cm³/mol. The van der Waals surface area contributed by atoms with Crippen LogP contribution in [0.3, 0.4) is 0 Å². The minimum Gasteiger partial charge on any atom is -0.397 e. The van der Waals surface area contributed by atoms with Crippen LogP contribution < -0.4 is 17.0 Å². The van der Waals surface area contributed by atoms with E-state index in [1.165, 1.54) is 4.57 Å². The van der Waals surface area contributed by atoms with Crippen LogP contribution in [-0.4, -0.2) is 4.57 Å². The van der Waals surface area contributed by atoms with Crippen LogP contribution in [0.1, 0.15) is 5.69 Å². The van der Waals surface area contributed by atoms with Crippen LogP contribution in [0.4, 0.5) is 11.4 Å².